The minimum absolute atomic E-state index is 0.0000982. The fourth-order valence-electron chi connectivity index (χ4n) is 4.26. The molecular weight excluding hydrogens is 405 g/mol. The highest BCUT2D eigenvalue weighted by molar-refractivity contribution is 6.31. The van der Waals surface area contributed by atoms with Crippen LogP contribution in [0.3, 0.4) is 0 Å². The van der Waals surface area contributed by atoms with Crippen molar-refractivity contribution in [3.05, 3.63) is 59.3 Å². The molecule has 7 heteroatoms. The fourth-order valence-corrected chi connectivity index (χ4v) is 4.44. The predicted molar refractivity (Wildman–Crippen MR) is 117 cm³/mol. The standard InChI is InChI=1S/C23H27ClFN3O2/c24-20-16-18(7-10-21(20)25)26-23(29)28(14-13-27-11-1-2-12-27)19-8-5-17(6-9-19)22-4-3-15-30-22/h3-5,7,10,15-16,19H,1-2,6,8-9,11-14H2,(H,26,29). The Kier molecular flexibility index (Phi) is 6.75. The van der Waals surface area contributed by atoms with Crippen molar-refractivity contribution in [2.75, 3.05) is 31.5 Å². The fraction of sp³-hybridized carbons (Fsp3) is 0.435. The van der Waals surface area contributed by atoms with E-state index in [0.717, 1.165) is 44.7 Å². The first-order valence-corrected chi connectivity index (χ1v) is 11.0. The number of hydrogen-bond acceptors (Lipinski definition) is 3. The van der Waals surface area contributed by atoms with Gasteiger partial charge in [-0.05, 0) is 81.1 Å². The number of carbonyl (C=O) groups is 1. The molecule has 30 heavy (non-hydrogen) atoms. The summed E-state index contributed by atoms with van der Waals surface area (Å²) in [6.07, 6.45) is 8.84. The molecule has 160 valence electrons. The lowest BCUT2D eigenvalue weighted by atomic mass is 9.93. The monoisotopic (exact) mass is 431 g/mol. The van der Waals surface area contributed by atoms with Crippen LogP contribution in [0.25, 0.3) is 5.57 Å². The van der Waals surface area contributed by atoms with E-state index in [0.29, 0.717) is 12.2 Å². The average Bonchev–Trinajstić information content (AvgIpc) is 3.46. The summed E-state index contributed by atoms with van der Waals surface area (Å²) in [5, 5.41) is 2.90. The van der Waals surface area contributed by atoms with Gasteiger partial charge in [0, 0.05) is 24.8 Å². The number of furan rings is 1. The molecular formula is C23H27ClFN3O2. The van der Waals surface area contributed by atoms with Gasteiger partial charge in [0.2, 0.25) is 0 Å². The van der Waals surface area contributed by atoms with Gasteiger partial charge in [0.1, 0.15) is 11.6 Å². The smallest absolute Gasteiger partial charge is 0.322 e. The number of rotatable bonds is 6. The molecule has 1 unspecified atom stereocenters. The molecule has 1 atom stereocenters. The van der Waals surface area contributed by atoms with Gasteiger partial charge in [0.25, 0.3) is 0 Å². The third-order valence-corrected chi connectivity index (χ3v) is 6.24. The van der Waals surface area contributed by atoms with Crippen LogP contribution in [0.2, 0.25) is 5.02 Å². The first-order valence-electron chi connectivity index (χ1n) is 10.6. The van der Waals surface area contributed by atoms with Crippen LogP contribution in [0.5, 0.6) is 0 Å². The lowest BCUT2D eigenvalue weighted by molar-refractivity contribution is 0.170. The molecule has 1 aromatic carbocycles. The molecule has 1 aliphatic carbocycles. The Morgan fingerprint density at radius 3 is 2.80 bits per heavy atom. The minimum atomic E-state index is -0.497. The third-order valence-electron chi connectivity index (χ3n) is 5.95. The van der Waals surface area contributed by atoms with Gasteiger partial charge < -0.3 is 19.5 Å². The zero-order valence-corrected chi connectivity index (χ0v) is 17.7. The Bertz CT molecular complexity index is 894. The lowest BCUT2D eigenvalue weighted by Gasteiger charge is -2.35. The zero-order chi connectivity index (χ0) is 20.9. The van der Waals surface area contributed by atoms with Crippen molar-refractivity contribution in [1.29, 1.82) is 0 Å². The molecule has 1 aliphatic heterocycles. The van der Waals surface area contributed by atoms with Crippen LogP contribution in [0.4, 0.5) is 14.9 Å². The van der Waals surface area contributed by atoms with E-state index in [-0.39, 0.29) is 17.1 Å². The van der Waals surface area contributed by atoms with Gasteiger partial charge in [-0.15, -0.1) is 0 Å². The summed E-state index contributed by atoms with van der Waals surface area (Å²) in [5.41, 5.74) is 1.70. The molecule has 1 fully saturated rings. The first kappa shape index (κ1) is 20.9. The van der Waals surface area contributed by atoms with Crippen molar-refractivity contribution in [2.45, 2.75) is 38.1 Å². The molecule has 1 saturated heterocycles. The highest BCUT2D eigenvalue weighted by Gasteiger charge is 2.27. The Labute approximate surface area is 181 Å². The molecule has 5 nitrogen and oxygen atoms in total. The minimum Gasteiger partial charge on any atom is -0.465 e. The lowest BCUT2D eigenvalue weighted by Crippen LogP contribution is -2.47. The van der Waals surface area contributed by atoms with Crippen molar-refractivity contribution in [2.24, 2.45) is 0 Å². The summed E-state index contributed by atoms with van der Waals surface area (Å²) in [6, 6.07) is 8.06. The molecule has 0 saturated carbocycles. The molecule has 2 aromatic rings. The number of urea groups is 1. The van der Waals surface area contributed by atoms with Crippen LogP contribution < -0.4 is 5.32 Å². The number of halogens is 2. The van der Waals surface area contributed by atoms with Gasteiger partial charge in [-0.3, -0.25) is 0 Å². The van der Waals surface area contributed by atoms with Crippen LogP contribution in [0.15, 0.2) is 47.1 Å². The van der Waals surface area contributed by atoms with E-state index in [1.54, 1.807) is 6.26 Å². The van der Waals surface area contributed by atoms with Gasteiger partial charge in [-0.25, -0.2) is 9.18 Å². The van der Waals surface area contributed by atoms with Crippen molar-refractivity contribution in [1.82, 2.24) is 9.80 Å². The number of nitrogens with zero attached hydrogens (tertiary/aromatic N) is 2. The van der Waals surface area contributed by atoms with E-state index in [1.807, 2.05) is 17.0 Å². The van der Waals surface area contributed by atoms with Gasteiger partial charge in [-0.2, -0.15) is 0 Å². The molecule has 2 amide bonds. The molecule has 1 aromatic heterocycles. The summed E-state index contributed by atoms with van der Waals surface area (Å²) in [6.45, 7) is 3.71. The third kappa shape index (κ3) is 5.05. The normalized spacial score (nSPS) is 19.5. The van der Waals surface area contributed by atoms with Crippen molar-refractivity contribution in [3.8, 4) is 0 Å². The number of anilines is 1. The molecule has 0 bridgehead atoms. The number of nitrogens with one attached hydrogen (secondary N) is 1. The van der Waals surface area contributed by atoms with Crippen LogP contribution in [-0.2, 0) is 0 Å². The van der Waals surface area contributed by atoms with E-state index in [9.17, 15) is 9.18 Å². The van der Waals surface area contributed by atoms with E-state index in [2.05, 4.69) is 16.3 Å². The topological polar surface area (TPSA) is 48.7 Å². The summed E-state index contributed by atoms with van der Waals surface area (Å²) in [7, 11) is 0. The molecule has 0 radical (unpaired) electrons. The van der Waals surface area contributed by atoms with E-state index in [4.69, 9.17) is 16.0 Å². The van der Waals surface area contributed by atoms with Crippen LogP contribution in [-0.4, -0.2) is 48.1 Å². The second kappa shape index (κ2) is 9.67. The van der Waals surface area contributed by atoms with E-state index >= 15 is 0 Å². The number of benzene rings is 1. The maximum absolute atomic E-state index is 13.5. The number of hydrogen-bond donors (Lipinski definition) is 1. The second-order valence-electron chi connectivity index (χ2n) is 7.94. The number of likely N-dealkylation sites (tertiary alicyclic amines) is 1. The highest BCUT2D eigenvalue weighted by atomic mass is 35.5. The molecule has 1 N–H and O–H groups in total. The Morgan fingerprint density at radius 1 is 1.30 bits per heavy atom. The Hall–Kier alpha value is -2.31. The number of amides is 2. The maximum atomic E-state index is 13.5. The molecule has 2 heterocycles. The summed E-state index contributed by atoms with van der Waals surface area (Å²) in [5.74, 6) is 0.408. The highest BCUT2D eigenvalue weighted by Crippen LogP contribution is 2.30. The van der Waals surface area contributed by atoms with E-state index in [1.165, 1.54) is 36.6 Å². The second-order valence-corrected chi connectivity index (χ2v) is 8.34. The van der Waals surface area contributed by atoms with Gasteiger partial charge >= 0.3 is 6.03 Å². The van der Waals surface area contributed by atoms with E-state index < -0.39 is 5.82 Å². The van der Waals surface area contributed by atoms with Crippen molar-refractivity contribution in [3.63, 3.8) is 0 Å². The molecule has 4 rings (SSSR count). The summed E-state index contributed by atoms with van der Waals surface area (Å²) >= 11 is 5.87. The van der Waals surface area contributed by atoms with Crippen molar-refractivity contribution < 1.29 is 13.6 Å². The van der Waals surface area contributed by atoms with Crippen molar-refractivity contribution >= 4 is 28.9 Å². The van der Waals surface area contributed by atoms with Gasteiger partial charge in [0.15, 0.2) is 0 Å². The predicted octanol–water partition coefficient (Wildman–Crippen LogP) is 5.64. The Morgan fingerprint density at radius 2 is 2.13 bits per heavy atom. The SMILES string of the molecule is O=C(Nc1ccc(F)c(Cl)c1)N(CCN1CCCC1)C1CC=C(c2ccco2)CC1. The van der Waals surface area contributed by atoms with Gasteiger partial charge in [0.05, 0.1) is 11.3 Å². The molecule has 0 spiro atoms. The number of carbonyl (C=O) groups excluding carboxylic acids is 1. The maximum Gasteiger partial charge on any atom is 0.322 e. The average molecular weight is 432 g/mol. The largest absolute Gasteiger partial charge is 0.465 e. The summed E-state index contributed by atoms with van der Waals surface area (Å²) in [4.78, 5) is 17.5. The summed E-state index contributed by atoms with van der Waals surface area (Å²) < 4.78 is 19.0. The zero-order valence-electron chi connectivity index (χ0n) is 16.9. The first-order chi connectivity index (χ1) is 14.6. The van der Waals surface area contributed by atoms with Crippen LogP contribution >= 0.6 is 11.6 Å². The number of allylic oxidation sites excluding steroid dienone is 1. The Balaban J connectivity index is 1.45. The van der Waals surface area contributed by atoms with Crippen LogP contribution in [0.1, 0.15) is 37.9 Å². The van der Waals surface area contributed by atoms with Gasteiger partial charge in [-0.1, -0.05) is 17.7 Å². The quantitative estimate of drug-likeness (QED) is 0.644. The van der Waals surface area contributed by atoms with Crippen LogP contribution in [0, 0.1) is 5.82 Å². The molecule has 2 aliphatic rings.